The lowest BCUT2D eigenvalue weighted by Crippen LogP contribution is -2.60. The van der Waals surface area contributed by atoms with Crippen molar-refractivity contribution >= 4 is 21.9 Å². The van der Waals surface area contributed by atoms with Crippen LogP contribution in [0.25, 0.3) is 21.9 Å². The zero-order valence-corrected chi connectivity index (χ0v) is 16.2. The minimum atomic E-state index is -1.62. The van der Waals surface area contributed by atoms with Crippen molar-refractivity contribution in [1.29, 1.82) is 0 Å². The Balaban J connectivity index is 1.84. The highest BCUT2D eigenvalue weighted by Crippen LogP contribution is 2.49. The molecule has 1 saturated heterocycles. The number of rotatable bonds is 5. The lowest BCUT2D eigenvalue weighted by molar-refractivity contribution is -0.277. The van der Waals surface area contributed by atoms with E-state index in [9.17, 15) is 25.5 Å². The van der Waals surface area contributed by atoms with E-state index >= 15 is 0 Å². The third kappa shape index (κ3) is 3.09. The molecule has 2 aromatic carbocycles. The molecule has 30 heavy (non-hydrogen) atoms. The number of aliphatic hydroxyl groups is 4. The first kappa shape index (κ1) is 20.5. The largest absolute Gasteiger partial charge is 0.507 e. The first-order valence-electron chi connectivity index (χ1n) is 9.17. The van der Waals surface area contributed by atoms with Gasteiger partial charge in [-0.2, -0.15) is 0 Å². The lowest BCUT2D eigenvalue weighted by Gasteiger charge is -2.39. The van der Waals surface area contributed by atoms with Gasteiger partial charge in [-0.3, -0.25) is 0 Å². The van der Waals surface area contributed by atoms with E-state index in [4.69, 9.17) is 23.4 Å². The van der Waals surface area contributed by atoms with Gasteiger partial charge in [-0.15, -0.1) is 0 Å². The summed E-state index contributed by atoms with van der Waals surface area (Å²) >= 11 is 0. The third-order valence-electron chi connectivity index (χ3n) is 5.15. The number of furan rings is 1. The number of hydrogen-bond acceptors (Lipinski definition) is 10. The molecule has 1 fully saturated rings. The number of phenols is 1. The smallest absolute Gasteiger partial charge is 0.229 e. The van der Waals surface area contributed by atoms with Gasteiger partial charge in [0.1, 0.15) is 35.7 Å². The van der Waals surface area contributed by atoms with Crippen LogP contribution in [-0.2, 0) is 4.74 Å². The molecule has 0 radical (unpaired) electrons. The van der Waals surface area contributed by atoms with Crippen LogP contribution < -0.4 is 14.2 Å². The minimum absolute atomic E-state index is 0.00961. The summed E-state index contributed by atoms with van der Waals surface area (Å²) in [5.74, 6) is 0.313. The summed E-state index contributed by atoms with van der Waals surface area (Å²) < 4.78 is 27.9. The predicted molar refractivity (Wildman–Crippen MR) is 103 cm³/mol. The normalized spacial score (nSPS) is 26.8. The van der Waals surface area contributed by atoms with Gasteiger partial charge in [-0.1, -0.05) is 6.07 Å². The molecule has 0 unspecified atom stereocenters. The molecule has 4 rings (SSSR count). The Morgan fingerprint density at radius 1 is 1.00 bits per heavy atom. The third-order valence-corrected chi connectivity index (χ3v) is 5.15. The number of methoxy groups -OCH3 is 2. The summed E-state index contributed by atoms with van der Waals surface area (Å²) in [5, 5.41) is 50.9. The van der Waals surface area contributed by atoms with Crippen molar-refractivity contribution in [3.63, 3.8) is 0 Å². The van der Waals surface area contributed by atoms with Gasteiger partial charge >= 0.3 is 0 Å². The molecule has 162 valence electrons. The SMILES string of the molecule is COc1cc2c(oc3cccc(O)c32)c(OC)c1O[C@@H]1O[C@H](CO)[C@@H](O)[C@H](O)[C@H]1O. The van der Waals surface area contributed by atoms with Crippen molar-refractivity contribution in [2.24, 2.45) is 0 Å². The first-order valence-corrected chi connectivity index (χ1v) is 9.17. The standard InChI is InChI=1S/C20H22O10/c1-26-11-6-8-13-9(22)4-3-5-10(13)28-17(8)19(27-2)18(11)30-20-16(25)15(24)14(23)12(7-21)29-20/h3-6,12,14-16,20-25H,7H2,1-2H3/t12-,14-,15+,16-,20+/m1/s1. The number of benzene rings is 2. The van der Waals surface area contributed by atoms with Crippen LogP contribution in [0.1, 0.15) is 0 Å². The fourth-order valence-electron chi connectivity index (χ4n) is 3.60. The molecular weight excluding hydrogens is 400 g/mol. The van der Waals surface area contributed by atoms with Gasteiger partial charge in [-0.05, 0) is 18.2 Å². The maximum absolute atomic E-state index is 10.3. The molecule has 5 atom stereocenters. The monoisotopic (exact) mass is 422 g/mol. The molecular formula is C20H22O10. The van der Waals surface area contributed by atoms with E-state index < -0.39 is 37.3 Å². The Kier molecular flexibility index (Phi) is 5.35. The van der Waals surface area contributed by atoms with Crippen molar-refractivity contribution in [1.82, 2.24) is 0 Å². The number of aromatic hydroxyl groups is 1. The first-order chi connectivity index (χ1) is 14.4. The summed E-state index contributed by atoms with van der Waals surface area (Å²) in [6.07, 6.45) is -7.33. The van der Waals surface area contributed by atoms with E-state index in [1.807, 2.05) is 0 Å². The maximum atomic E-state index is 10.3. The van der Waals surface area contributed by atoms with E-state index in [1.54, 1.807) is 18.2 Å². The van der Waals surface area contributed by atoms with E-state index in [0.29, 0.717) is 16.4 Å². The average molecular weight is 422 g/mol. The molecule has 10 heteroatoms. The number of phenolic OH excluding ortho intramolecular Hbond substituents is 1. The van der Waals surface area contributed by atoms with Crippen LogP contribution in [0.15, 0.2) is 28.7 Å². The molecule has 3 aromatic rings. The van der Waals surface area contributed by atoms with Gasteiger partial charge in [0.05, 0.1) is 26.2 Å². The number of fused-ring (bicyclic) bond motifs is 3. The van der Waals surface area contributed by atoms with Crippen molar-refractivity contribution in [2.45, 2.75) is 30.7 Å². The van der Waals surface area contributed by atoms with Gasteiger partial charge < -0.3 is 48.9 Å². The van der Waals surface area contributed by atoms with E-state index in [0.717, 1.165) is 0 Å². The molecule has 1 aromatic heterocycles. The minimum Gasteiger partial charge on any atom is -0.507 e. The summed E-state index contributed by atoms with van der Waals surface area (Å²) in [6, 6.07) is 6.41. The topological polar surface area (TPSA) is 151 Å². The molecule has 10 nitrogen and oxygen atoms in total. The molecule has 0 bridgehead atoms. The van der Waals surface area contributed by atoms with E-state index in [1.165, 1.54) is 20.3 Å². The van der Waals surface area contributed by atoms with Crippen LogP contribution in [0.5, 0.6) is 23.0 Å². The lowest BCUT2D eigenvalue weighted by atomic mass is 9.99. The van der Waals surface area contributed by atoms with Crippen molar-refractivity contribution in [2.75, 3.05) is 20.8 Å². The molecule has 0 spiro atoms. The number of hydrogen-bond donors (Lipinski definition) is 5. The van der Waals surface area contributed by atoms with Gasteiger partial charge in [0.2, 0.25) is 17.8 Å². The second kappa shape index (κ2) is 7.82. The van der Waals surface area contributed by atoms with Crippen molar-refractivity contribution < 1.29 is 48.9 Å². The maximum Gasteiger partial charge on any atom is 0.229 e. The van der Waals surface area contributed by atoms with Gasteiger partial charge in [0, 0.05) is 5.39 Å². The van der Waals surface area contributed by atoms with E-state index in [2.05, 4.69) is 0 Å². The zero-order chi connectivity index (χ0) is 21.6. The van der Waals surface area contributed by atoms with Crippen LogP contribution in [0.4, 0.5) is 0 Å². The van der Waals surface area contributed by atoms with Gasteiger partial charge in [-0.25, -0.2) is 0 Å². The summed E-state index contributed by atoms with van der Waals surface area (Å²) in [4.78, 5) is 0. The number of ether oxygens (including phenoxy) is 4. The Bertz CT molecular complexity index is 1060. The Labute approximate surface area is 170 Å². The van der Waals surface area contributed by atoms with Crippen LogP contribution in [0.2, 0.25) is 0 Å². The van der Waals surface area contributed by atoms with Crippen molar-refractivity contribution in [3.8, 4) is 23.0 Å². The molecule has 1 aliphatic rings. The molecule has 2 heterocycles. The van der Waals surface area contributed by atoms with Crippen LogP contribution in [0.3, 0.4) is 0 Å². The Morgan fingerprint density at radius 3 is 2.43 bits per heavy atom. The van der Waals surface area contributed by atoms with Gasteiger partial charge in [0.25, 0.3) is 0 Å². The quantitative estimate of drug-likeness (QED) is 0.393. The van der Waals surface area contributed by atoms with Crippen LogP contribution in [0, 0.1) is 0 Å². The van der Waals surface area contributed by atoms with Crippen LogP contribution >= 0.6 is 0 Å². The molecule has 0 saturated carbocycles. The van der Waals surface area contributed by atoms with Crippen molar-refractivity contribution in [3.05, 3.63) is 24.3 Å². The fraction of sp³-hybridized carbons (Fsp3) is 0.400. The second-order valence-corrected chi connectivity index (χ2v) is 6.89. The highest BCUT2D eigenvalue weighted by Gasteiger charge is 2.45. The highest BCUT2D eigenvalue weighted by atomic mass is 16.7. The number of aliphatic hydroxyl groups excluding tert-OH is 4. The molecule has 0 amide bonds. The summed E-state index contributed by atoms with van der Waals surface area (Å²) in [6.45, 7) is -0.596. The van der Waals surface area contributed by atoms with Gasteiger partial charge in [0.15, 0.2) is 11.3 Å². The second-order valence-electron chi connectivity index (χ2n) is 6.89. The molecule has 1 aliphatic heterocycles. The molecule has 5 N–H and O–H groups in total. The zero-order valence-electron chi connectivity index (χ0n) is 16.2. The van der Waals surface area contributed by atoms with Crippen LogP contribution in [-0.4, -0.2) is 77.1 Å². The summed E-state index contributed by atoms with van der Waals surface area (Å²) in [5.41, 5.74) is 0.671. The predicted octanol–water partition coefficient (Wildman–Crippen LogP) is 0.487. The fourth-order valence-corrected chi connectivity index (χ4v) is 3.60. The van der Waals surface area contributed by atoms with E-state index in [-0.39, 0.29) is 28.6 Å². The average Bonchev–Trinajstić information content (AvgIpc) is 3.12. The molecule has 0 aliphatic carbocycles. The Morgan fingerprint density at radius 2 is 1.77 bits per heavy atom. The highest BCUT2D eigenvalue weighted by molar-refractivity contribution is 6.11. The Hall–Kier alpha value is -2.76. The summed E-state index contributed by atoms with van der Waals surface area (Å²) in [7, 11) is 2.77.